The van der Waals surface area contributed by atoms with Gasteiger partial charge < -0.3 is 19.5 Å². The second kappa shape index (κ2) is 12.5. The summed E-state index contributed by atoms with van der Waals surface area (Å²) in [5, 5.41) is 13.3. The Kier molecular flexibility index (Phi) is 9.44. The molecular formula is C26H21BrCl2N2O4. The number of carbonyl (C=O) groups is 1. The van der Waals surface area contributed by atoms with Crippen molar-refractivity contribution in [3.05, 3.63) is 91.4 Å². The van der Waals surface area contributed by atoms with Crippen LogP contribution in [-0.4, -0.2) is 20.1 Å². The molecule has 180 valence electrons. The number of halogens is 3. The number of hydrogen-bond acceptors (Lipinski definition) is 5. The van der Waals surface area contributed by atoms with Crippen LogP contribution < -0.4 is 19.5 Å². The van der Waals surface area contributed by atoms with E-state index in [0.717, 1.165) is 11.1 Å². The Hall–Kier alpha value is -3.18. The van der Waals surface area contributed by atoms with Crippen molar-refractivity contribution in [1.29, 1.82) is 5.26 Å². The lowest BCUT2D eigenvalue weighted by Crippen LogP contribution is -2.24. The lowest BCUT2D eigenvalue weighted by molar-refractivity contribution is -0.117. The first kappa shape index (κ1) is 26.4. The number of nitrogens with zero attached hydrogens (tertiary/aromatic N) is 1. The Balaban J connectivity index is 1.67. The zero-order valence-corrected chi connectivity index (χ0v) is 22.0. The highest BCUT2D eigenvalue weighted by Gasteiger charge is 2.12. The number of methoxy groups -OCH3 is 2. The van der Waals surface area contributed by atoms with Gasteiger partial charge in [-0.2, -0.15) is 5.26 Å². The highest BCUT2D eigenvalue weighted by Crippen LogP contribution is 2.29. The van der Waals surface area contributed by atoms with Crippen molar-refractivity contribution in [1.82, 2.24) is 5.32 Å². The summed E-state index contributed by atoms with van der Waals surface area (Å²) in [6, 6.07) is 17.7. The molecule has 3 aromatic carbocycles. The molecule has 0 saturated heterocycles. The fourth-order valence-electron chi connectivity index (χ4n) is 3.10. The number of nitrogens with one attached hydrogen (secondary N) is 1. The first-order valence-electron chi connectivity index (χ1n) is 10.3. The molecule has 0 heterocycles. The molecule has 0 radical (unpaired) electrons. The SMILES string of the molecule is COc1ccc(CNC(=O)/C(C#N)=C/c2ccc(OCc3ccc(Cl)cc3Cl)c(Br)c2)c(OC)c1. The van der Waals surface area contributed by atoms with Crippen LogP contribution >= 0.6 is 39.1 Å². The highest BCUT2D eigenvalue weighted by atomic mass is 79.9. The maximum atomic E-state index is 12.6. The average molecular weight is 576 g/mol. The van der Waals surface area contributed by atoms with Crippen molar-refractivity contribution in [2.45, 2.75) is 13.2 Å². The second-order valence-electron chi connectivity index (χ2n) is 7.24. The van der Waals surface area contributed by atoms with E-state index in [0.29, 0.717) is 37.3 Å². The van der Waals surface area contributed by atoms with Crippen LogP contribution in [0.1, 0.15) is 16.7 Å². The molecule has 0 saturated carbocycles. The molecule has 0 unspecified atom stereocenters. The van der Waals surface area contributed by atoms with Crippen LogP contribution in [0.25, 0.3) is 6.08 Å². The van der Waals surface area contributed by atoms with Crippen molar-refractivity contribution in [3.8, 4) is 23.3 Å². The van der Waals surface area contributed by atoms with Gasteiger partial charge in [0.25, 0.3) is 5.91 Å². The normalized spacial score (nSPS) is 10.9. The van der Waals surface area contributed by atoms with Gasteiger partial charge in [0.2, 0.25) is 0 Å². The molecule has 6 nitrogen and oxygen atoms in total. The topological polar surface area (TPSA) is 80.6 Å². The van der Waals surface area contributed by atoms with E-state index >= 15 is 0 Å². The number of ether oxygens (including phenoxy) is 3. The standard InChI is InChI=1S/C26H21BrCl2N2O4/c1-33-21-7-5-17(25(12-21)34-2)14-31-26(32)19(13-30)9-16-3-8-24(22(27)10-16)35-15-18-4-6-20(28)11-23(18)29/h3-12H,14-15H2,1-2H3,(H,31,32)/b19-9+. The first-order valence-corrected chi connectivity index (χ1v) is 11.9. The predicted octanol–water partition coefficient (Wildman–Crippen LogP) is 6.58. The molecule has 0 fully saturated rings. The molecule has 9 heteroatoms. The Labute approximate surface area is 222 Å². The van der Waals surface area contributed by atoms with E-state index in [-0.39, 0.29) is 18.7 Å². The van der Waals surface area contributed by atoms with E-state index in [1.807, 2.05) is 6.07 Å². The van der Waals surface area contributed by atoms with Gasteiger partial charge in [-0.05, 0) is 64.0 Å². The van der Waals surface area contributed by atoms with Crippen molar-refractivity contribution < 1.29 is 19.0 Å². The summed E-state index contributed by atoms with van der Waals surface area (Å²) in [4.78, 5) is 12.6. The summed E-state index contributed by atoms with van der Waals surface area (Å²) in [5.74, 6) is 1.30. The van der Waals surface area contributed by atoms with Gasteiger partial charge in [0.15, 0.2) is 0 Å². The maximum absolute atomic E-state index is 12.6. The summed E-state index contributed by atoms with van der Waals surface area (Å²) in [6.07, 6.45) is 1.51. The average Bonchev–Trinajstić information content (AvgIpc) is 2.86. The zero-order chi connectivity index (χ0) is 25.4. The summed E-state index contributed by atoms with van der Waals surface area (Å²) in [6.45, 7) is 0.444. The Morgan fingerprint density at radius 1 is 1.03 bits per heavy atom. The molecule has 35 heavy (non-hydrogen) atoms. The van der Waals surface area contributed by atoms with E-state index in [1.165, 1.54) is 13.2 Å². The first-order chi connectivity index (χ1) is 16.8. The van der Waals surface area contributed by atoms with Gasteiger partial charge in [-0.15, -0.1) is 0 Å². The Morgan fingerprint density at radius 3 is 2.46 bits per heavy atom. The molecule has 1 N–H and O–H groups in total. The number of rotatable bonds is 9. The molecule has 0 aromatic heterocycles. The van der Waals surface area contributed by atoms with Gasteiger partial charge in [-0.3, -0.25) is 4.79 Å². The largest absolute Gasteiger partial charge is 0.497 e. The quantitative estimate of drug-likeness (QED) is 0.230. The summed E-state index contributed by atoms with van der Waals surface area (Å²) < 4.78 is 17.0. The van der Waals surface area contributed by atoms with E-state index in [2.05, 4.69) is 21.2 Å². The van der Waals surface area contributed by atoms with Crippen molar-refractivity contribution >= 4 is 51.1 Å². The predicted molar refractivity (Wildman–Crippen MR) is 140 cm³/mol. The fraction of sp³-hybridized carbons (Fsp3) is 0.154. The molecule has 0 bridgehead atoms. The number of amides is 1. The third-order valence-electron chi connectivity index (χ3n) is 4.96. The van der Waals surface area contributed by atoms with Crippen LogP contribution in [0.4, 0.5) is 0 Å². The number of benzene rings is 3. The molecular weight excluding hydrogens is 555 g/mol. The summed E-state index contributed by atoms with van der Waals surface area (Å²) in [5.41, 5.74) is 2.17. The zero-order valence-electron chi connectivity index (χ0n) is 18.9. The van der Waals surface area contributed by atoms with Crippen molar-refractivity contribution in [2.75, 3.05) is 14.2 Å². The van der Waals surface area contributed by atoms with Crippen LogP contribution in [-0.2, 0) is 17.9 Å². The third kappa shape index (κ3) is 7.15. The minimum Gasteiger partial charge on any atom is -0.497 e. The van der Waals surface area contributed by atoms with Crippen LogP contribution in [0.15, 0.2) is 64.6 Å². The lowest BCUT2D eigenvalue weighted by Gasteiger charge is -2.11. The van der Waals surface area contributed by atoms with E-state index in [4.69, 9.17) is 37.4 Å². The van der Waals surface area contributed by atoms with Gasteiger partial charge in [0, 0.05) is 33.8 Å². The van der Waals surface area contributed by atoms with Crippen LogP contribution in [0.5, 0.6) is 17.2 Å². The third-order valence-corrected chi connectivity index (χ3v) is 6.17. The smallest absolute Gasteiger partial charge is 0.262 e. The molecule has 3 aromatic rings. The molecule has 0 atom stereocenters. The number of nitriles is 1. The monoisotopic (exact) mass is 574 g/mol. The maximum Gasteiger partial charge on any atom is 0.262 e. The van der Waals surface area contributed by atoms with E-state index in [9.17, 15) is 10.1 Å². The van der Waals surface area contributed by atoms with Gasteiger partial charge in [0.05, 0.1) is 18.7 Å². The molecule has 1 amide bonds. The van der Waals surface area contributed by atoms with Gasteiger partial charge in [0.1, 0.15) is 35.5 Å². The highest BCUT2D eigenvalue weighted by molar-refractivity contribution is 9.10. The van der Waals surface area contributed by atoms with Crippen molar-refractivity contribution in [2.24, 2.45) is 0 Å². The van der Waals surface area contributed by atoms with Crippen LogP contribution in [0, 0.1) is 11.3 Å². The van der Waals surface area contributed by atoms with Gasteiger partial charge in [-0.25, -0.2) is 0 Å². The molecule has 0 aliphatic carbocycles. The van der Waals surface area contributed by atoms with Gasteiger partial charge in [-0.1, -0.05) is 35.3 Å². The molecule has 0 spiro atoms. The molecule has 0 aliphatic rings. The van der Waals surface area contributed by atoms with E-state index < -0.39 is 5.91 Å². The van der Waals surface area contributed by atoms with Crippen LogP contribution in [0.2, 0.25) is 10.0 Å². The number of hydrogen-bond donors (Lipinski definition) is 1. The minimum atomic E-state index is -0.501. The fourth-order valence-corrected chi connectivity index (χ4v) is 4.08. The minimum absolute atomic E-state index is 0.0361. The summed E-state index contributed by atoms with van der Waals surface area (Å²) >= 11 is 15.6. The van der Waals surface area contributed by atoms with Crippen molar-refractivity contribution in [3.63, 3.8) is 0 Å². The Bertz CT molecular complexity index is 1300. The van der Waals surface area contributed by atoms with Crippen LogP contribution in [0.3, 0.4) is 0 Å². The second-order valence-corrected chi connectivity index (χ2v) is 8.94. The van der Waals surface area contributed by atoms with Gasteiger partial charge >= 0.3 is 0 Å². The number of carbonyl (C=O) groups excluding carboxylic acids is 1. The lowest BCUT2D eigenvalue weighted by atomic mass is 10.1. The molecule has 0 aliphatic heterocycles. The van der Waals surface area contributed by atoms with E-state index in [1.54, 1.807) is 61.7 Å². The summed E-state index contributed by atoms with van der Waals surface area (Å²) in [7, 11) is 3.10. The molecule has 3 rings (SSSR count). The Morgan fingerprint density at radius 2 is 1.80 bits per heavy atom.